The second kappa shape index (κ2) is 6.60. The molecule has 0 atom stereocenters. The SMILES string of the molecule is Cc1cccn2cc(CNC(=O)CCC3=NNC(=O)CC3)nc12. The van der Waals surface area contributed by atoms with E-state index >= 15 is 0 Å². The van der Waals surface area contributed by atoms with Crippen LogP contribution in [0, 0.1) is 6.92 Å². The lowest BCUT2D eigenvalue weighted by molar-refractivity contribution is -0.121. The van der Waals surface area contributed by atoms with Crippen LogP contribution in [0.4, 0.5) is 0 Å². The number of carbonyl (C=O) groups is 2. The van der Waals surface area contributed by atoms with Gasteiger partial charge in [-0.3, -0.25) is 9.59 Å². The van der Waals surface area contributed by atoms with Crippen LogP contribution in [0.25, 0.3) is 5.65 Å². The number of fused-ring (bicyclic) bond motifs is 1. The van der Waals surface area contributed by atoms with E-state index in [0.29, 0.717) is 32.2 Å². The Hall–Kier alpha value is -2.70. The summed E-state index contributed by atoms with van der Waals surface area (Å²) in [5, 5.41) is 6.83. The summed E-state index contributed by atoms with van der Waals surface area (Å²) >= 11 is 0. The van der Waals surface area contributed by atoms with Crippen LogP contribution < -0.4 is 10.7 Å². The molecule has 7 nitrogen and oxygen atoms in total. The molecule has 3 heterocycles. The topological polar surface area (TPSA) is 87.9 Å². The number of hydrazone groups is 1. The number of hydrogen-bond donors (Lipinski definition) is 2. The van der Waals surface area contributed by atoms with E-state index in [1.165, 1.54) is 0 Å². The quantitative estimate of drug-likeness (QED) is 0.872. The normalized spacial score (nSPS) is 14.5. The maximum Gasteiger partial charge on any atom is 0.240 e. The number of pyridine rings is 1. The van der Waals surface area contributed by atoms with E-state index in [0.717, 1.165) is 22.6 Å². The minimum absolute atomic E-state index is 0.0432. The molecule has 0 saturated heterocycles. The van der Waals surface area contributed by atoms with Gasteiger partial charge >= 0.3 is 0 Å². The van der Waals surface area contributed by atoms with Crippen LogP contribution >= 0.6 is 0 Å². The lowest BCUT2D eigenvalue weighted by Crippen LogP contribution is -2.27. The van der Waals surface area contributed by atoms with Crippen molar-refractivity contribution in [1.29, 1.82) is 0 Å². The molecule has 2 aromatic heterocycles. The lowest BCUT2D eigenvalue weighted by atomic mass is 10.1. The average Bonchev–Trinajstić information content (AvgIpc) is 2.97. The predicted molar refractivity (Wildman–Crippen MR) is 85.8 cm³/mol. The average molecular weight is 313 g/mol. The maximum absolute atomic E-state index is 11.9. The van der Waals surface area contributed by atoms with Crippen LogP contribution in [-0.4, -0.2) is 26.9 Å². The first-order valence-corrected chi connectivity index (χ1v) is 7.66. The molecule has 1 aliphatic heterocycles. The molecule has 0 aliphatic carbocycles. The van der Waals surface area contributed by atoms with Gasteiger partial charge in [-0.05, 0) is 31.4 Å². The van der Waals surface area contributed by atoms with Gasteiger partial charge in [0.1, 0.15) is 5.65 Å². The number of aromatic nitrogens is 2. The molecule has 0 unspecified atom stereocenters. The van der Waals surface area contributed by atoms with Crippen molar-refractivity contribution in [2.24, 2.45) is 5.10 Å². The van der Waals surface area contributed by atoms with E-state index in [9.17, 15) is 9.59 Å². The summed E-state index contributed by atoms with van der Waals surface area (Å²) in [4.78, 5) is 27.4. The molecule has 0 fully saturated rings. The van der Waals surface area contributed by atoms with Crippen molar-refractivity contribution in [1.82, 2.24) is 20.1 Å². The fourth-order valence-corrected chi connectivity index (χ4v) is 2.52. The molecule has 7 heteroatoms. The highest BCUT2D eigenvalue weighted by Crippen LogP contribution is 2.10. The molecule has 23 heavy (non-hydrogen) atoms. The van der Waals surface area contributed by atoms with Gasteiger partial charge < -0.3 is 9.72 Å². The molecule has 2 amide bonds. The van der Waals surface area contributed by atoms with E-state index in [1.807, 2.05) is 35.9 Å². The van der Waals surface area contributed by atoms with E-state index in [2.05, 4.69) is 20.8 Å². The maximum atomic E-state index is 11.9. The number of aryl methyl sites for hydroxylation is 1. The van der Waals surface area contributed by atoms with Crippen LogP contribution in [-0.2, 0) is 16.1 Å². The third-order valence-electron chi connectivity index (χ3n) is 3.81. The van der Waals surface area contributed by atoms with Crippen molar-refractivity contribution in [3.63, 3.8) is 0 Å². The Labute approximate surface area is 133 Å². The molecular formula is C16H19N5O2. The zero-order valence-corrected chi connectivity index (χ0v) is 13.0. The number of amides is 2. The van der Waals surface area contributed by atoms with Gasteiger partial charge in [0.05, 0.1) is 12.2 Å². The molecule has 0 saturated carbocycles. The Morgan fingerprint density at radius 2 is 2.30 bits per heavy atom. The monoisotopic (exact) mass is 313 g/mol. The Kier molecular flexibility index (Phi) is 4.36. The molecular weight excluding hydrogens is 294 g/mol. The van der Waals surface area contributed by atoms with Gasteiger partial charge in [-0.15, -0.1) is 0 Å². The van der Waals surface area contributed by atoms with Crippen LogP contribution in [0.2, 0.25) is 0 Å². The smallest absolute Gasteiger partial charge is 0.240 e. The van der Waals surface area contributed by atoms with Crippen LogP contribution in [0.3, 0.4) is 0 Å². The summed E-state index contributed by atoms with van der Waals surface area (Å²) in [5.74, 6) is -0.112. The number of nitrogens with one attached hydrogen (secondary N) is 2. The molecule has 0 bridgehead atoms. The summed E-state index contributed by atoms with van der Waals surface area (Å²) in [5.41, 5.74) is 6.14. The summed E-state index contributed by atoms with van der Waals surface area (Å²) in [6.45, 7) is 2.41. The van der Waals surface area contributed by atoms with Crippen LogP contribution in [0.15, 0.2) is 29.6 Å². The van der Waals surface area contributed by atoms with Gasteiger partial charge in [0, 0.05) is 30.9 Å². The molecule has 3 rings (SSSR count). The number of nitrogens with zero attached hydrogens (tertiary/aromatic N) is 3. The highest BCUT2D eigenvalue weighted by Gasteiger charge is 2.13. The fraction of sp³-hybridized carbons (Fsp3) is 0.375. The number of carbonyl (C=O) groups excluding carboxylic acids is 2. The first kappa shape index (κ1) is 15.2. The molecule has 0 radical (unpaired) electrons. The van der Waals surface area contributed by atoms with E-state index in [1.54, 1.807) is 0 Å². The van der Waals surface area contributed by atoms with Crippen molar-refractivity contribution < 1.29 is 9.59 Å². The number of imidazole rings is 1. The molecule has 120 valence electrons. The van der Waals surface area contributed by atoms with Crippen LogP contribution in [0.5, 0.6) is 0 Å². The molecule has 1 aliphatic rings. The zero-order valence-electron chi connectivity index (χ0n) is 13.0. The van der Waals surface area contributed by atoms with E-state index < -0.39 is 0 Å². The Morgan fingerprint density at radius 1 is 1.43 bits per heavy atom. The molecule has 0 spiro atoms. The first-order valence-electron chi connectivity index (χ1n) is 7.66. The Morgan fingerprint density at radius 3 is 3.04 bits per heavy atom. The highest BCUT2D eigenvalue weighted by molar-refractivity contribution is 5.94. The van der Waals surface area contributed by atoms with Gasteiger partial charge in [-0.25, -0.2) is 10.4 Å². The Bertz CT molecular complexity index is 778. The number of hydrogen-bond acceptors (Lipinski definition) is 4. The fourth-order valence-electron chi connectivity index (χ4n) is 2.52. The summed E-state index contributed by atoms with van der Waals surface area (Å²) < 4.78 is 1.95. The zero-order chi connectivity index (χ0) is 16.2. The van der Waals surface area contributed by atoms with Crippen molar-refractivity contribution in [3.05, 3.63) is 35.8 Å². The molecule has 0 aromatic carbocycles. The number of rotatable bonds is 5. The summed E-state index contributed by atoms with van der Waals surface area (Å²) in [6.07, 6.45) is 5.86. The minimum Gasteiger partial charge on any atom is -0.350 e. The highest BCUT2D eigenvalue weighted by atomic mass is 16.2. The van der Waals surface area contributed by atoms with Crippen molar-refractivity contribution in [2.45, 2.75) is 39.2 Å². The van der Waals surface area contributed by atoms with Crippen molar-refractivity contribution >= 4 is 23.2 Å². The first-order chi connectivity index (χ1) is 11.1. The lowest BCUT2D eigenvalue weighted by Gasteiger charge is -2.11. The summed E-state index contributed by atoms with van der Waals surface area (Å²) in [7, 11) is 0. The van der Waals surface area contributed by atoms with Crippen molar-refractivity contribution in [3.8, 4) is 0 Å². The van der Waals surface area contributed by atoms with Gasteiger partial charge in [0.25, 0.3) is 0 Å². The molecule has 2 aromatic rings. The van der Waals surface area contributed by atoms with Crippen molar-refractivity contribution in [2.75, 3.05) is 0 Å². The van der Waals surface area contributed by atoms with Gasteiger partial charge in [0.2, 0.25) is 11.8 Å². The molecule has 2 N–H and O–H groups in total. The largest absolute Gasteiger partial charge is 0.350 e. The van der Waals surface area contributed by atoms with Gasteiger partial charge in [-0.1, -0.05) is 6.07 Å². The standard InChI is InChI=1S/C16H19N5O2/c1-11-3-2-8-21-10-13(18-16(11)21)9-17-14(22)6-4-12-5-7-15(23)20-19-12/h2-3,8,10H,4-7,9H2,1H3,(H,17,22)(H,20,23). The second-order valence-corrected chi connectivity index (χ2v) is 5.64. The minimum atomic E-state index is -0.0691. The van der Waals surface area contributed by atoms with Gasteiger partial charge in [0.15, 0.2) is 0 Å². The third kappa shape index (κ3) is 3.74. The third-order valence-corrected chi connectivity index (χ3v) is 3.81. The van der Waals surface area contributed by atoms with E-state index in [4.69, 9.17) is 0 Å². The summed E-state index contributed by atoms with van der Waals surface area (Å²) in [6, 6.07) is 3.98. The van der Waals surface area contributed by atoms with E-state index in [-0.39, 0.29) is 11.8 Å². The van der Waals surface area contributed by atoms with Gasteiger partial charge in [-0.2, -0.15) is 5.10 Å². The second-order valence-electron chi connectivity index (χ2n) is 5.64. The van der Waals surface area contributed by atoms with Crippen LogP contribution in [0.1, 0.15) is 36.9 Å². The Balaban J connectivity index is 1.50. The predicted octanol–water partition coefficient (Wildman–Crippen LogP) is 1.31.